The number of benzene rings is 1. The van der Waals surface area contributed by atoms with Crippen LogP contribution in [0.3, 0.4) is 0 Å². The van der Waals surface area contributed by atoms with Crippen LogP contribution in [-0.2, 0) is 11.3 Å². The molecule has 0 radical (unpaired) electrons. The van der Waals surface area contributed by atoms with Gasteiger partial charge < -0.3 is 14.5 Å². The van der Waals surface area contributed by atoms with Crippen molar-refractivity contribution in [3.8, 4) is 17.0 Å². The van der Waals surface area contributed by atoms with Crippen LogP contribution in [0.1, 0.15) is 11.3 Å². The summed E-state index contributed by atoms with van der Waals surface area (Å²) in [5.74, 6) is 0.284. The molecule has 3 aromatic heterocycles. The van der Waals surface area contributed by atoms with E-state index in [0.29, 0.717) is 11.6 Å². The van der Waals surface area contributed by atoms with Crippen molar-refractivity contribution in [2.75, 3.05) is 6.61 Å². The summed E-state index contributed by atoms with van der Waals surface area (Å²) >= 11 is 1.47. The molecule has 4 aromatic rings. The minimum atomic E-state index is -0.635. The average molecular weight is 422 g/mol. The highest BCUT2D eigenvalue weighted by Crippen LogP contribution is 2.37. The number of carbonyl (C=O) groups excluding carboxylic acids is 2. The van der Waals surface area contributed by atoms with Crippen LogP contribution in [0.4, 0.5) is 4.79 Å². The first-order valence-electron chi connectivity index (χ1n) is 9.12. The Balaban J connectivity index is 1.42. The molecule has 0 saturated carbocycles. The highest BCUT2D eigenvalue weighted by atomic mass is 32.1. The first-order chi connectivity index (χ1) is 14.6. The van der Waals surface area contributed by atoms with Gasteiger partial charge in [-0.25, -0.2) is 14.8 Å². The van der Waals surface area contributed by atoms with E-state index in [9.17, 15) is 9.59 Å². The third-order valence-corrected chi connectivity index (χ3v) is 5.18. The summed E-state index contributed by atoms with van der Waals surface area (Å²) in [5, 5.41) is 7.46. The summed E-state index contributed by atoms with van der Waals surface area (Å²) in [7, 11) is 0. The van der Waals surface area contributed by atoms with Gasteiger partial charge in [0.25, 0.3) is 5.91 Å². The molecule has 0 aliphatic heterocycles. The summed E-state index contributed by atoms with van der Waals surface area (Å²) in [6.45, 7) is 1.84. The number of furan rings is 1. The quantitative estimate of drug-likeness (QED) is 0.491. The lowest BCUT2D eigenvalue weighted by Crippen LogP contribution is -2.41. The highest BCUT2D eigenvalue weighted by molar-refractivity contribution is 7.17. The molecule has 0 bridgehead atoms. The maximum absolute atomic E-state index is 12.1. The summed E-state index contributed by atoms with van der Waals surface area (Å²) < 4.78 is 10.7. The third kappa shape index (κ3) is 4.47. The van der Waals surface area contributed by atoms with E-state index in [0.717, 1.165) is 26.9 Å². The minimum Gasteiger partial charge on any atom is -0.467 e. The number of aryl methyl sites for hydroxylation is 1. The van der Waals surface area contributed by atoms with E-state index in [4.69, 9.17) is 9.15 Å². The van der Waals surface area contributed by atoms with Crippen LogP contribution in [0.25, 0.3) is 21.3 Å². The number of carbonyl (C=O) groups is 2. The number of ether oxygens (including phenoxy) is 1. The first kappa shape index (κ1) is 19.6. The van der Waals surface area contributed by atoms with Crippen molar-refractivity contribution >= 4 is 33.5 Å². The van der Waals surface area contributed by atoms with Crippen LogP contribution in [0, 0.1) is 6.92 Å². The van der Waals surface area contributed by atoms with Crippen LogP contribution in [0.5, 0.6) is 5.88 Å². The Kier molecular flexibility index (Phi) is 5.71. The predicted octanol–water partition coefficient (Wildman–Crippen LogP) is 3.66. The normalized spacial score (nSPS) is 10.7. The van der Waals surface area contributed by atoms with Crippen molar-refractivity contribution in [2.45, 2.75) is 13.5 Å². The number of thiophene rings is 1. The smallest absolute Gasteiger partial charge is 0.321 e. The van der Waals surface area contributed by atoms with Gasteiger partial charge in [-0.2, -0.15) is 0 Å². The third-order valence-electron chi connectivity index (χ3n) is 4.29. The number of fused-ring (bicyclic) bond motifs is 1. The molecule has 0 aliphatic rings. The van der Waals surface area contributed by atoms with Gasteiger partial charge in [-0.05, 0) is 24.6 Å². The van der Waals surface area contributed by atoms with E-state index in [-0.39, 0.29) is 13.2 Å². The summed E-state index contributed by atoms with van der Waals surface area (Å²) in [6, 6.07) is 10.9. The minimum absolute atomic E-state index is 0.175. The van der Waals surface area contributed by atoms with Crippen molar-refractivity contribution in [2.24, 2.45) is 0 Å². The van der Waals surface area contributed by atoms with Gasteiger partial charge >= 0.3 is 6.03 Å². The van der Waals surface area contributed by atoms with Gasteiger partial charge in [-0.1, -0.05) is 29.8 Å². The molecule has 4 rings (SSSR count). The number of imide groups is 1. The summed E-state index contributed by atoms with van der Waals surface area (Å²) in [4.78, 5) is 33.2. The Morgan fingerprint density at radius 2 is 2.00 bits per heavy atom. The van der Waals surface area contributed by atoms with Crippen molar-refractivity contribution in [1.29, 1.82) is 0 Å². The van der Waals surface area contributed by atoms with Gasteiger partial charge in [-0.15, -0.1) is 11.3 Å². The van der Waals surface area contributed by atoms with Crippen LogP contribution in [0.2, 0.25) is 0 Å². The number of aromatic nitrogens is 2. The van der Waals surface area contributed by atoms with Gasteiger partial charge in [0.15, 0.2) is 6.61 Å². The van der Waals surface area contributed by atoms with Gasteiger partial charge in [-0.3, -0.25) is 10.1 Å². The Morgan fingerprint density at radius 1 is 1.17 bits per heavy atom. The average Bonchev–Trinajstić information content (AvgIpc) is 3.41. The van der Waals surface area contributed by atoms with E-state index in [1.54, 1.807) is 12.1 Å². The maximum atomic E-state index is 12.1. The molecule has 3 heterocycles. The second-order valence-corrected chi connectivity index (χ2v) is 7.33. The molecule has 0 unspecified atom stereocenters. The lowest BCUT2D eigenvalue weighted by atomic mass is 10.0. The van der Waals surface area contributed by atoms with E-state index in [1.165, 1.54) is 23.9 Å². The maximum Gasteiger partial charge on any atom is 0.321 e. The summed E-state index contributed by atoms with van der Waals surface area (Å²) in [5.41, 5.74) is 3.10. The van der Waals surface area contributed by atoms with Crippen LogP contribution in [0.15, 0.2) is 58.8 Å². The molecule has 30 heavy (non-hydrogen) atoms. The zero-order valence-corrected chi connectivity index (χ0v) is 16.9. The van der Waals surface area contributed by atoms with Crippen molar-refractivity contribution in [3.63, 3.8) is 0 Å². The number of rotatable bonds is 6. The van der Waals surface area contributed by atoms with Crippen molar-refractivity contribution in [1.82, 2.24) is 20.6 Å². The molecule has 0 aliphatic carbocycles. The number of nitrogens with zero attached hydrogens (tertiary/aromatic N) is 2. The van der Waals surface area contributed by atoms with E-state index in [2.05, 4.69) is 20.6 Å². The van der Waals surface area contributed by atoms with Gasteiger partial charge in [0.2, 0.25) is 5.88 Å². The fourth-order valence-corrected chi connectivity index (χ4v) is 3.73. The van der Waals surface area contributed by atoms with Crippen molar-refractivity contribution < 1.29 is 18.7 Å². The largest absolute Gasteiger partial charge is 0.467 e. The first-order valence-corrected chi connectivity index (χ1v) is 10.0. The molecule has 0 saturated heterocycles. The highest BCUT2D eigenvalue weighted by Gasteiger charge is 2.16. The van der Waals surface area contributed by atoms with Gasteiger partial charge in [0.1, 0.15) is 16.9 Å². The van der Waals surface area contributed by atoms with Gasteiger partial charge in [0.05, 0.1) is 18.2 Å². The standard InChI is InChI=1S/C21H18N4O4S/c1-13-4-6-14(7-5-13)16-11-30-20-18(16)19(23-12-24-20)29-10-17(26)25-21(27)22-9-15-3-2-8-28-15/h2-8,11-12H,9-10H2,1H3,(H2,22,25,26,27). The lowest BCUT2D eigenvalue weighted by molar-refractivity contribution is -0.122. The molecule has 1 aromatic carbocycles. The lowest BCUT2D eigenvalue weighted by Gasteiger charge is -2.09. The molecule has 152 valence electrons. The van der Waals surface area contributed by atoms with Crippen LogP contribution >= 0.6 is 11.3 Å². The number of hydrogen-bond donors (Lipinski definition) is 2. The van der Waals surface area contributed by atoms with Crippen molar-refractivity contribution in [3.05, 3.63) is 65.7 Å². The topological polar surface area (TPSA) is 106 Å². The van der Waals surface area contributed by atoms with E-state index >= 15 is 0 Å². The van der Waals surface area contributed by atoms with E-state index < -0.39 is 11.9 Å². The Morgan fingerprint density at radius 3 is 2.77 bits per heavy atom. The van der Waals surface area contributed by atoms with Crippen LogP contribution in [-0.4, -0.2) is 28.5 Å². The second kappa shape index (κ2) is 8.75. The Bertz CT molecular complexity index is 1170. The zero-order chi connectivity index (χ0) is 20.9. The number of hydrogen-bond acceptors (Lipinski definition) is 7. The Labute approximate surface area is 175 Å². The molecular formula is C21H18N4O4S. The monoisotopic (exact) mass is 422 g/mol. The van der Waals surface area contributed by atoms with E-state index in [1.807, 2.05) is 36.6 Å². The number of nitrogens with one attached hydrogen (secondary N) is 2. The van der Waals surface area contributed by atoms with Crippen LogP contribution < -0.4 is 15.4 Å². The zero-order valence-electron chi connectivity index (χ0n) is 16.0. The fourth-order valence-electron chi connectivity index (χ4n) is 2.82. The number of amides is 3. The molecule has 2 N–H and O–H groups in total. The second-order valence-electron chi connectivity index (χ2n) is 6.47. The molecule has 0 atom stereocenters. The predicted molar refractivity (Wildman–Crippen MR) is 112 cm³/mol. The fraction of sp³-hybridized carbons (Fsp3) is 0.143. The molecule has 9 heteroatoms. The SMILES string of the molecule is Cc1ccc(-c2csc3ncnc(OCC(=O)NC(=O)NCc4ccco4)c23)cc1. The number of urea groups is 1. The Hall–Kier alpha value is -3.72. The van der Waals surface area contributed by atoms with Gasteiger partial charge in [0, 0.05) is 10.9 Å². The molecule has 8 nitrogen and oxygen atoms in total. The molecule has 0 spiro atoms. The molecular weight excluding hydrogens is 404 g/mol. The molecule has 3 amide bonds. The molecule has 0 fully saturated rings. The summed E-state index contributed by atoms with van der Waals surface area (Å²) in [6.07, 6.45) is 2.90.